The van der Waals surface area contributed by atoms with E-state index in [0.29, 0.717) is 11.1 Å². The van der Waals surface area contributed by atoms with Gasteiger partial charge in [-0.25, -0.2) is 0 Å². The van der Waals surface area contributed by atoms with Crippen LogP contribution in [0.2, 0.25) is 5.02 Å². The summed E-state index contributed by atoms with van der Waals surface area (Å²) < 4.78 is 0. The van der Waals surface area contributed by atoms with Crippen molar-refractivity contribution >= 4 is 17.4 Å². The van der Waals surface area contributed by atoms with Crippen LogP contribution in [0, 0.1) is 0 Å². The Bertz CT molecular complexity index is 388. The fourth-order valence-corrected chi connectivity index (χ4v) is 2.07. The first-order valence-corrected chi connectivity index (χ1v) is 6.95. The van der Waals surface area contributed by atoms with Crippen molar-refractivity contribution in [3.63, 3.8) is 0 Å². The smallest absolute Gasteiger partial charge is 0.138 e. The van der Waals surface area contributed by atoms with Crippen LogP contribution < -0.4 is 0 Å². The van der Waals surface area contributed by atoms with E-state index in [1.807, 2.05) is 38.1 Å². The highest BCUT2D eigenvalue weighted by Gasteiger charge is 2.32. The highest BCUT2D eigenvalue weighted by Crippen LogP contribution is 2.25. The van der Waals surface area contributed by atoms with Gasteiger partial charge in [-0.3, -0.25) is 9.69 Å². The van der Waals surface area contributed by atoms with E-state index >= 15 is 0 Å². The van der Waals surface area contributed by atoms with Gasteiger partial charge >= 0.3 is 0 Å². The van der Waals surface area contributed by atoms with E-state index in [0.717, 1.165) is 18.7 Å². The molecule has 1 aromatic carbocycles. The van der Waals surface area contributed by atoms with Crippen molar-refractivity contribution in [3.8, 4) is 0 Å². The molecule has 0 bridgehead atoms. The molecule has 3 heteroatoms. The number of ketones is 1. The van der Waals surface area contributed by atoms with Gasteiger partial charge in [-0.2, -0.15) is 0 Å². The summed E-state index contributed by atoms with van der Waals surface area (Å²) in [5, 5.41) is 0.714. The van der Waals surface area contributed by atoms with Crippen LogP contribution in [0.1, 0.15) is 39.2 Å². The van der Waals surface area contributed by atoms with Crippen molar-refractivity contribution in [3.05, 3.63) is 34.9 Å². The van der Waals surface area contributed by atoms with Crippen LogP contribution >= 0.6 is 11.6 Å². The lowest BCUT2D eigenvalue weighted by atomic mass is 9.95. The molecule has 2 rings (SSSR count). The Kier molecular flexibility index (Phi) is 5.83. The Morgan fingerprint density at radius 2 is 1.89 bits per heavy atom. The topological polar surface area (TPSA) is 20.1 Å². The van der Waals surface area contributed by atoms with Gasteiger partial charge in [-0.1, -0.05) is 37.6 Å². The van der Waals surface area contributed by atoms with Gasteiger partial charge in [0.1, 0.15) is 5.78 Å². The van der Waals surface area contributed by atoms with E-state index in [9.17, 15) is 4.79 Å². The molecule has 3 unspecified atom stereocenters. The molecule has 0 spiro atoms. The molecule has 0 radical (unpaired) electrons. The maximum Gasteiger partial charge on any atom is 0.138 e. The molecule has 0 aromatic heterocycles. The maximum atomic E-state index is 11.6. The van der Waals surface area contributed by atoms with Gasteiger partial charge in [0.25, 0.3) is 0 Å². The normalized spacial score (nSPS) is 22.7. The van der Waals surface area contributed by atoms with E-state index in [2.05, 4.69) is 11.8 Å². The number of carbonyl (C=O) groups is 1. The lowest BCUT2D eigenvalue weighted by Gasteiger charge is -2.15. The van der Waals surface area contributed by atoms with Crippen LogP contribution in [0.5, 0.6) is 0 Å². The Morgan fingerprint density at radius 1 is 1.39 bits per heavy atom. The quantitative estimate of drug-likeness (QED) is 0.775. The van der Waals surface area contributed by atoms with Crippen molar-refractivity contribution in [2.45, 2.75) is 39.7 Å². The molecule has 1 aromatic rings. The van der Waals surface area contributed by atoms with Crippen LogP contribution in [-0.2, 0) is 4.79 Å². The third-order valence-corrected chi connectivity index (χ3v) is 3.42. The SMILES string of the molecule is CC.CC(=O)C(CN1CC1C)c1ccc(Cl)cc1. The second-order valence-electron chi connectivity index (χ2n) is 4.52. The monoisotopic (exact) mass is 267 g/mol. The Morgan fingerprint density at radius 3 is 2.28 bits per heavy atom. The van der Waals surface area contributed by atoms with E-state index in [1.54, 1.807) is 6.92 Å². The van der Waals surface area contributed by atoms with E-state index in [1.165, 1.54) is 0 Å². The van der Waals surface area contributed by atoms with Crippen molar-refractivity contribution in [2.75, 3.05) is 13.1 Å². The van der Waals surface area contributed by atoms with E-state index in [4.69, 9.17) is 11.6 Å². The lowest BCUT2D eigenvalue weighted by Crippen LogP contribution is -2.19. The second kappa shape index (κ2) is 6.91. The van der Waals surface area contributed by atoms with Crippen LogP contribution in [0.15, 0.2) is 24.3 Å². The minimum absolute atomic E-state index is 0.0118. The molecule has 100 valence electrons. The zero-order chi connectivity index (χ0) is 13.7. The standard InChI is InChI=1S/C13H16ClNO.C2H6/c1-9-7-15(9)8-13(10(2)16)11-3-5-12(14)6-4-11;1-2/h3-6,9,13H,7-8H2,1-2H3;1-2H3. The number of Topliss-reactive ketones (excluding diaryl/α,β-unsaturated/α-hetero) is 1. The molecule has 0 saturated carbocycles. The van der Waals surface area contributed by atoms with Gasteiger partial charge in [0.2, 0.25) is 0 Å². The maximum absolute atomic E-state index is 11.6. The van der Waals surface area contributed by atoms with Crippen LogP contribution in [0.3, 0.4) is 0 Å². The van der Waals surface area contributed by atoms with Gasteiger partial charge in [-0.15, -0.1) is 0 Å². The summed E-state index contributed by atoms with van der Waals surface area (Å²) in [6.45, 7) is 9.78. The molecular formula is C15H22ClNO. The molecule has 0 N–H and O–H groups in total. The molecule has 0 aliphatic carbocycles. The predicted octanol–water partition coefficient (Wildman–Crippen LogP) is 3.74. The minimum Gasteiger partial charge on any atom is -0.299 e. The molecule has 1 aliphatic heterocycles. The van der Waals surface area contributed by atoms with Crippen molar-refractivity contribution in [1.82, 2.24) is 4.90 Å². The summed E-state index contributed by atoms with van der Waals surface area (Å²) in [5.74, 6) is 0.212. The van der Waals surface area contributed by atoms with Gasteiger partial charge in [0, 0.05) is 24.2 Å². The minimum atomic E-state index is -0.0118. The summed E-state index contributed by atoms with van der Waals surface area (Å²) in [4.78, 5) is 13.9. The zero-order valence-corrected chi connectivity index (χ0v) is 12.4. The molecule has 1 aliphatic rings. The Labute approximate surface area is 115 Å². The highest BCUT2D eigenvalue weighted by molar-refractivity contribution is 6.30. The molecule has 2 nitrogen and oxygen atoms in total. The third kappa shape index (κ3) is 4.11. The summed E-state index contributed by atoms with van der Waals surface area (Å²) in [6.07, 6.45) is 0. The molecule has 18 heavy (non-hydrogen) atoms. The number of carbonyl (C=O) groups excluding carboxylic acids is 1. The zero-order valence-electron chi connectivity index (χ0n) is 11.6. The molecule has 3 atom stereocenters. The van der Waals surface area contributed by atoms with Crippen LogP contribution in [0.25, 0.3) is 0 Å². The predicted molar refractivity (Wildman–Crippen MR) is 77.3 cm³/mol. The van der Waals surface area contributed by atoms with Crippen molar-refractivity contribution in [1.29, 1.82) is 0 Å². The number of hydrogen-bond acceptors (Lipinski definition) is 2. The van der Waals surface area contributed by atoms with Crippen molar-refractivity contribution in [2.24, 2.45) is 0 Å². The second-order valence-corrected chi connectivity index (χ2v) is 4.95. The van der Waals surface area contributed by atoms with Crippen LogP contribution in [-0.4, -0.2) is 29.8 Å². The first-order valence-electron chi connectivity index (χ1n) is 6.58. The number of nitrogens with zero attached hydrogens (tertiary/aromatic N) is 1. The van der Waals surface area contributed by atoms with Gasteiger partial charge in [0.15, 0.2) is 0 Å². The van der Waals surface area contributed by atoms with Gasteiger partial charge < -0.3 is 0 Å². The van der Waals surface area contributed by atoms with Gasteiger partial charge in [0.05, 0.1) is 5.92 Å². The number of rotatable bonds is 4. The third-order valence-electron chi connectivity index (χ3n) is 3.17. The summed E-state index contributed by atoms with van der Waals surface area (Å²) in [7, 11) is 0. The van der Waals surface area contributed by atoms with E-state index < -0.39 is 0 Å². The summed E-state index contributed by atoms with van der Waals surface area (Å²) in [6, 6.07) is 8.22. The summed E-state index contributed by atoms with van der Waals surface area (Å²) >= 11 is 5.84. The molecule has 1 heterocycles. The fraction of sp³-hybridized carbons (Fsp3) is 0.533. The first-order chi connectivity index (χ1) is 8.58. The Hall–Kier alpha value is -0.860. The molecule has 1 saturated heterocycles. The van der Waals surface area contributed by atoms with E-state index in [-0.39, 0.29) is 11.7 Å². The lowest BCUT2D eigenvalue weighted by molar-refractivity contribution is -0.118. The molecule has 1 fully saturated rings. The first kappa shape index (κ1) is 15.2. The average Bonchev–Trinajstić information content (AvgIpc) is 3.06. The largest absolute Gasteiger partial charge is 0.299 e. The van der Waals surface area contributed by atoms with Crippen LogP contribution in [0.4, 0.5) is 0 Å². The molecular weight excluding hydrogens is 246 g/mol. The number of halogens is 1. The van der Waals surface area contributed by atoms with Crippen molar-refractivity contribution < 1.29 is 4.79 Å². The number of hydrogen-bond donors (Lipinski definition) is 0. The fourth-order valence-electron chi connectivity index (χ4n) is 1.94. The average molecular weight is 268 g/mol. The summed E-state index contributed by atoms with van der Waals surface area (Å²) in [5.41, 5.74) is 1.07. The Balaban J connectivity index is 0.000000771. The molecule has 0 amide bonds. The van der Waals surface area contributed by atoms with Gasteiger partial charge in [-0.05, 0) is 31.5 Å². The number of benzene rings is 1. The highest BCUT2D eigenvalue weighted by atomic mass is 35.5.